The van der Waals surface area contributed by atoms with E-state index in [1.165, 1.54) is 27.8 Å². The molecule has 0 radical (unpaired) electrons. The molecule has 0 saturated heterocycles. The largest absolute Gasteiger partial charge is 0.330 e. The van der Waals surface area contributed by atoms with Crippen LogP contribution in [0.5, 0.6) is 0 Å². The number of hydrogen-bond donors (Lipinski definition) is 1. The molecule has 1 heterocycles. The van der Waals surface area contributed by atoms with Crippen molar-refractivity contribution in [1.82, 2.24) is 0 Å². The standard InChI is InChI=1S/C11H14BrNS/c12-9-3-4-11-8(6-9)7-10(14-11)2-1-5-13/h3-4,6,10H,1-2,5,7,13H2. The molecular formula is C11H14BrNS. The lowest BCUT2D eigenvalue weighted by atomic mass is 10.1. The summed E-state index contributed by atoms with van der Waals surface area (Å²) in [6.45, 7) is 0.817. The van der Waals surface area contributed by atoms with Gasteiger partial charge in [0.25, 0.3) is 0 Å². The smallest absolute Gasteiger partial charge is 0.0178 e. The molecule has 1 aromatic carbocycles. The molecule has 1 atom stereocenters. The first-order valence-corrected chi connectivity index (χ1v) is 6.62. The minimum atomic E-state index is 0.753. The second-order valence-corrected chi connectivity index (χ2v) is 5.88. The Morgan fingerprint density at radius 3 is 3.14 bits per heavy atom. The van der Waals surface area contributed by atoms with Crippen LogP contribution >= 0.6 is 27.7 Å². The van der Waals surface area contributed by atoms with Crippen LogP contribution in [0.3, 0.4) is 0 Å². The monoisotopic (exact) mass is 271 g/mol. The minimum Gasteiger partial charge on any atom is -0.330 e. The van der Waals surface area contributed by atoms with Crippen LogP contribution in [0.1, 0.15) is 18.4 Å². The van der Waals surface area contributed by atoms with Gasteiger partial charge in [0.2, 0.25) is 0 Å². The summed E-state index contributed by atoms with van der Waals surface area (Å²) in [5.41, 5.74) is 7.01. The molecule has 2 N–H and O–H groups in total. The highest BCUT2D eigenvalue weighted by Crippen LogP contribution is 2.39. The van der Waals surface area contributed by atoms with Gasteiger partial charge in [-0.05, 0) is 49.6 Å². The van der Waals surface area contributed by atoms with E-state index in [0.717, 1.165) is 18.2 Å². The average molecular weight is 272 g/mol. The molecule has 0 fully saturated rings. The van der Waals surface area contributed by atoms with Gasteiger partial charge in [-0.3, -0.25) is 0 Å². The highest BCUT2D eigenvalue weighted by Gasteiger charge is 2.21. The van der Waals surface area contributed by atoms with Crippen LogP contribution < -0.4 is 5.73 Å². The van der Waals surface area contributed by atoms with Crippen molar-refractivity contribution in [3.05, 3.63) is 28.2 Å². The normalized spacial score (nSPS) is 19.7. The lowest BCUT2D eigenvalue weighted by Crippen LogP contribution is -2.05. The average Bonchev–Trinajstić information content (AvgIpc) is 2.56. The zero-order valence-electron chi connectivity index (χ0n) is 8.00. The van der Waals surface area contributed by atoms with Gasteiger partial charge in [-0.1, -0.05) is 15.9 Å². The molecular weight excluding hydrogens is 258 g/mol. The Hall–Kier alpha value is 0.01000. The first kappa shape index (κ1) is 10.5. The molecule has 1 aliphatic heterocycles. The van der Waals surface area contributed by atoms with Gasteiger partial charge >= 0.3 is 0 Å². The van der Waals surface area contributed by atoms with Gasteiger partial charge in [0.05, 0.1) is 0 Å². The maximum absolute atomic E-state index is 5.52. The van der Waals surface area contributed by atoms with E-state index in [-0.39, 0.29) is 0 Å². The zero-order valence-corrected chi connectivity index (χ0v) is 10.4. The van der Waals surface area contributed by atoms with E-state index >= 15 is 0 Å². The van der Waals surface area contributed by atoms with E-state index in [4.69, 9.17) is 5.73 Å². The second kappa shape index (κ2) is 4.69. The van der Waals surface area contributed by atoms with E-state index in [1.54, 1.807) is 0 Å². The Morgan fingerprint density at radius 2 is 2.36 bits per heavy atom. The number of fused-ring (bicyclic) bond motifs is 1. The molecule has 1 aliphatic rings. The number of benzene rings is 1. The molecule has 0 amide bonds. The maximum atomic E-state index is 5.52. The first-order chi connectivity index (χ1) is 6.79. The topological polar surface area (TPSA) is 26.0 Å². The third kappa shape index (κ3) is 2.33. The van der Waals surface area contributed by atoms with Crippen molar-refractivity contribution >= 4 is 27.7 Å². The summed E-state index contributed by atoms with van der Waals surface area (Å²) in [6, 6.07) is 6.58. The molecule has 0 spiro atoms. The first-order valence-electron chi connectivity index (χ1n) is 4.95. The number of hydrogen-bond acceptors (Lipinski definition) is 2. The predicted molar refractivity (Wildman–Crippen MR) is 65.8 cm³/mol. The van der Waals surface area contributed by atoms with E-state index in [1.807, 2.05) is 11.8 Å². The Kier molecular flexibility index (Phi) is 3.52. The van der Waals surface area contributed by atoms with Crippen molar-refractivity contribution in [1.29, 1.82) is 0 Å². The summed E-state index contributed by atoms with van der Waals surface area (Å²) in [6.07, 6.45) is 3.60. The zero-order chi connectivity index (χ0) is 9.97. The summed E-state index contributed by atoms with van der Waals surface area (Å²) < 4.78 is 1.19. The molecule has 1 unspecified atom stereocenters. The minimum absolute atomic E-state index is 0.753. The third-order valence-electron chi connectivity index (χ3n) is 2.49. The van der Waals surface area contributed by atoms with Crippen LogP contribution in [0, 0.1) is 0 Å². The molecule has 0 bridgehead atoms. The third-order valence-corrected chi connectivity index (χ3v) is 4.38. The van der Waals surface area contributed by atoms with Crippen LogP contribution in [-0.2, 0) is 6.42 Å². The van der Waals surface area contributed by atoms with Crippen LogP contribution in [0.25, 0.3) is 0 Å². The van der Waals surface area contributed by atoms with E-state index in [0.29, 0.717) is 0 Å². The molecule has 76 valence electrons. The van der Waals surface area contributed by atoms with E-state index in [2.05, 4.69) is 34.1 Å². The van der Waals surface area contributed by atoms with E-state index < -0.39 is 0 Å². The fourth-order valence-electron chi connectivity index (χ4n) is 1.80. The maximum Gasteiger partial charge on any atom is 0.0178 e. The number of rotatable bonds is 3. The fourth-order valence-corrected chi connectivity index (χ4v) is 3.55. The predicted octanol–water partition coefficient (Wildman–Crippen LogP) is 3.20. The van der Waals surface area contributed by atoms with Crippen LogP contribution in [0.15, 0.2) is 27.6 Å². The van der Waals surface area contributed by atoms with Gasteiger partial charge in [0.15, 0.2) is 0 Å². The molecule has 0 aromatic heterocycles. The number of nitrogens with two attached hydrogens (primary N) is 1. The Bertz CT molecular complexity index is 327. The lowest BCUT2D eigenvalue weighted by Gasteiger charge is -2.05. The van der Waals surface area contributed by atoms with Gasteiger partial charge in [-0.25, -0.2) is 0 Å². The van der Waals surface area contributed by atoms with E-state index in [9.17, 15) is 0 Å². The molecule has 14 heavy (non-hydrogen) atoms. The Morgan fingerprint density at radius 1 is 1.50 bits per heavy atom. The number of halogens is 1. The summed E-state index contributed by atoms with van der Waals surface area (Å²) in [4.78, 5) is 1.45. The molecule has 1 nitrogen and oxygen atoms in total. The molecule has 0 aliphatic carbocycles. The summed E-state index contributed by atoms with van der Waals surface area (Å²) in [5, 5.41) is 0.753. The molecule has 3 heteroatoms. The highest BCUT2D eigenvalue weighted by molar-refractivity contribution is 9.10. The van der Waals surface area contributed by atoms with Crippen LogP contribution in [0.4, 0.5) is 0 Å². The lowest BCUT2D eigenvalue weighted by molar-refractivity contribution is 0.708. The van der Waals surface area contributed by atoms with Crippen molar-refractivity contribution in [3.8, 4) is 0 Å². The van der Waals surface area contributed by atoms with Crippen molar-refractivity contribution in [2.75, 3.05) is 6.54 Å². The quantitative estimate of drug-likeness (QED) is 0.914. The molecule has 1 aromatic rings. The van der Waals surface area contributed by atoms with Gasteiger partial charge < -0.3 is 5.73 Å². The fraction of sp³-hybridized carbons (Fsp3) is 0.455. The summed E-state index contributed by atoms with van der Waals surface area (Å²) in [5.74, 6) is 0. The SMILES string of the molecule is NCCCC1Cc2cc(Br)ccc2S1. The highest BCUT2D eigenvalue weighted by atomic mass is 79.9. The van der Waals surface area contributed by atoms with Crippen LogP contribution in [-0.4, -0.2) is 11.8 Å². The van der Waals surface area contributed by atoms with Gasteiger partial charge in [0, 0.05) is 14.6 Å². The molecule has 0 saturated carbocycles. The summed E-state index contributed by atoms with van der Waals surface area (Å²) in [7, 11) is 0. The van der Waals surface area contributed by atoms with Crippen molar-refractivity contribution in [3.63, 3.8) is 0 Å². The number of thioether (sulfide) groups is 1. The van der Waals surface area contributed by atoms with Gasteiger partial charge in [0.1, 0.15) is 0 Å². The van der Waals surface area contributed by atoms with Crippen LogP contribution in [0.2, 0.25) is 0 Å². The molecule has 2 rings (SSSR count). The van der Waals surface area contributed by atoms with Crippen molar-refractivity contribution < 1.29 is 0 Å². The van der Waals surface area contributed by atoms with Crippen molar-refractivity contribution in [2.45, 2.75) is 29.4 Å². The Labute approximate surface area is 97.6 Å². The second-order valence-electron chi connectivity index (χ2n) is 3.63. The van der Waals surface area contributed by atoms with Gasteiger partial charge in [-0.2, -0.15) is 0 Å². The van der Waals surface area contributed by atoms with Crippen molar-refractivity contribution in [2.24, 2.45) is 5.73 Å². The van der Waals surface area contributed by atoms with Gasteiger partial charge in [-0.15, -0.1) is 11.8 Å². The summed E-state index contributed by atoms with van der Waals surface area (Å²) >= 11 is 5.52. The Balaban J connectivity index is 2.03.